The highest BCUT2D eigenvalue weighted by Crippen LogP contribution is 2.41. The Hall–Kier alpha value is -4.04. The van der Waals surface area contributed by atoms with Crippen LogP contribution in [0.4, 0.5) is 10.2 Å². The summed E-state index contributed by atoms with van der Waals surface area (Å²) in [6.07, 6.45) is 0.342. The molecule has 1 amide bonds. The van der Waals surface area contributed by atoms with Gasteiger partial charge in [-0.25, -0.2) is 9.37 Å². The van der Waals surface area contributed by atoms with E-state index in [2.05, 4.69) is 5.32 Å². The first-order valence-electron chi connectivity index (χ1n) is 11.3. The van der Waals surface area contributed by atoms with E-state index in [0.717, 1.165) is 37.7 Å². The van der Waals surface area contributed by atoms with Crippen LogP contribution in [-0.4, -0.2) is 20.7 Å². The quantitative estimate of drug-likeness (QED) is 0.333. The Labute approximate surface area is 205 Å². The Morgan fingerprint density at radius 2 is 1.86 bits per heavy atom. The predicted octanol–water partition coefficient (Wildman–Crippen LogP) is 5.98. The normalized spacial score (nSPS) is 15.1. The standard InChI is InChI=1S/C27H21FN4O2S/c1-16-25-21(18-8-12-20(13-9-18)34-15-17-6-10-19(28)11-7-17)14-24(33)30-26(25)32(31-16)27-29-22-4-2-3-5-23(22)35-27/h2-13,21H,14-15H2,1H3,(H,30,33)/t21-/m0/s1. The van der Waals surface area contributed by atoms with Crippen LogP contribution in [0.3, 0.4) is 0 Å². The van der Waals surface area contributed by atoms with Crippen molar-refractivity contribution in [3.8, 4) is 10.9 Å². The number of rotatable bonds is 5. The minimum absolute atomic E-state index is 0.0543. The van der Waals surface area contributed by atoms with Gasteiger partial charge in [-0.2, -0.15) is 9.78 Å². The van der Waals surface area contributed by atoms with Crippen LogP contribution in [0.2, 0.25) is 0 Å². The number of fused-ring (bicyclic) bond motifs is 2. The summed E-state index contributed by atoms with van der Waals surface area (Å²) in [7, 11) is 0. The van der Waals surface area contributed by atoms with Crippen molar-refractivity contribution < 1.29 is 13.9 Å². The first-order chi connectivity index (χ1) is 17.0. The molecule has 6 nitrogen and oxygen atoms in total. The van der Waals surface area contributed by atoms with Gasteiger partial charge in [0.2, 0.25) is 11.0 Å². The summed E-state index contributed by atoms with van der Waals surface area (Å²) in [5.74, 6) is 0.949. The summed E-state index contributed by atoms with van der Waals surface area (Å²) in [5, 5.41) is 8.50. The van der Waals surface area contributed by atoms with Crippen molar-refractivity contribution in [1.82, 2.24) is 14.8 Å². The summed E-state index contributed by atoms with van der Waals surface area (Å²) in [6.45, 7) is 2.32. The molecule has 174 valence electrons. The Balaban J connectivity index is 1.29. The Morgan fingerprint density at radius 3 is 2.63 bits per heavy atom. The molecule has 1 aliphatic heterocycles. The minimum atomic E-state index is -0.268. The van der Waals surface area contributed by atoms with E-state index in [1.807, 2.05) is 55.5 Å². The lowest BCUT2D eigenvalue weighted by molar-refractivity contribution is -0.116. The number of carbonyl (C=O) groups is 1. The maximum absolute atomic E-state index is 13.1. The van der Waals surface area contributed by atoms with E-state index in [-0.39, 0.29) is 17.6 Å². The van der Waals surface area contributed by atoms with E-state index in [0.29, 0.717) is 24.6 Å². The van der Waals surface area contributed by atoms with E-state index in [4.69, 9.17) is 14.8 Å². The number of aromatic nitrogens is 3. The largest absolute Gasteiger partial charge is 0.489 e. The number of halogens is 1. The van der Waals surface area contributed by atoms with Gasteiger partial charge in [-0.15, -0.1) is 0 Å². The van der Waals surface area contributed by atoms with Crippen LogP contribution in [-0.2, 0) is 11.4 Å². The van der Waals surface area contributed by atoms with Crippen LogP contribution in [0, 0.1) is 12.7 Å². The fraction of sp³-hybridized carbons (Fsp3) is 0.148. The van der Waals surface area contributed by atoms with E-state index in [1.54, 1.807) is 28.2 Å². The molecule has 5 aromatic rings. The zero-order valence-corrected chi connectivity index (χ0v) is 19.7. The van der Waals surface area contributed by atoms with Gasteiger partial charge in [-0.3, -0.25) is 4.79 Å². The summed E-state index contributed by atoms with van der Waals surface area (Å²) in [6, 6.07) is 22.0. The van der Waals surface area contributed by atoms with Gasteiger partial charge >= 0.3 is 0 Å². The number of anilines is 1. The molecule has 2 aromatic heterocycles. The maximum atomic E-state index is 13.1. The number of hydrogen-bond donors (Lipinski definition) is 1. The molecule has 0 spiro atoms. The molecule has 3 heterocycles. The van der Waals surface area contributed by atoms with Crippen LogP contribution < -0.4 is 10.1 Å². The van der Waals surface area contributed by atoms with Crippen LogP contribution in [0.1, 0.15) is 34.7 Å². The number of nitrogens with one attached hydrogen (secondary N) is 1. The molecule has 35 heavy (non-hydrogen) atoms. The van der Waals surface area contributed by atoms with Crippen LogP contribution in [0.5, 0.6) is 5.75 Å². The number of ether oxygens (including phenoxy) is 1. The number of nitrogens with zero attached hydrogens (tertiary/aromatic N) is 3. The second-order valence-corrected chi connectivity index (χ2v) is 9.52. The minimum Gasteiger partial charge on any atom is -0.489 e. The molecule has 0 saturated carbocycles. The molecule has 1 N–H and O–H groups in total. The molecule has 0 aliphatic carbocycles. The number of benzene rings is 3. The first kappa shape index (κ1) is 21.5. The molecule has 0 fully saturated rings. The average Bonchev–Trinajstić information content (AvgIpc) is 3.44. The molecule has 3 aromatic carbocycles. The fourth-order valence-corrected chi connectivity index (χ4v) is 5.39. The zero-order valence-electron chi connectivity index (χ0n) is 18.9. The Bertz CT molecular complexity index is 1510. The zero-order chi connectivity index (χ0) is 23.9. The van der Waals surface area contributed by atoms with Crippen molar-refractivity contribution in [1.29, 1.82) is 0 Å². The summed E-state index contributed by atoms with van der Waals surface area (Å²) in [4.78, 5) is 17.4. The van der Waals surface area contributed by atoms with Crippen molar-refractivity contribution in [3.63, 3.8) is 0 Å². The van der Waals surface area contributed by atoms with Gasteiger partial charge < -0.3 is 10.1 Å². The van der Waals surface area contributed by atoms with Gasteiger partial charge in [-0.1, -0.05) is 47.7 Å². The number of thiazole rings is 1. The second kappa shape index (κ2) is 8.63. The topological polar surface area (TPSA) is 69.0 Å². The third-order valence-corrected chi connectivity index (χ3v) is 7.18. The molecule has 8 heteroatoms. The molecule has 0 radical (unpaired) electrons. The summed E-state index contributed by atoms with van der Waals surface area (Å²) < 4.78 is 21.8. The van der Waals surface area contributed by atoms with Gasteiger partial charge in [-0.05, 0) is 54.4 Å². The third kappa shape index (κ3) is 4.06. The maximum Gasteiger partial charge on any atom is 0.226 e. The van der Waals surface area contributed by atoms with Gasteiger partial charge in [0.05, 0.1) is 15.9 Å². The fourth-order valence-electron chi connectivity index (χ4n) is 4.46. The van der Waals surface area contributed by atoms with Gasteiger partial charge in [0.15, 0.2) is 0 Å². The molecule has 0 unspecified atom stereocenters. The van der Waals surface area contributed by atoms with Crippen molar-refractivity contribution in [3.05, 3.63) is 101 Å². The summed E-state index contributed by atoms with van der Waals surface area (Å²) in [5.41, 5.74) is 4.68. The summed E-state index contributed by atoms with van der Waals surface area (Å²) >= 11 is 1.54. The number of para-hydroxylation sites is 1. The molecule has 0 bridgehead atoms. The van der Waals surface area contributed by atoms with E-state index in [9.17, 15) is 9.18 Å². The van der Waals surface area contributed by atoms with Crippen LogP contribution in [0.15, 0.2) is 72.8 Å². The SMILES string of the molecule is Cc1nn(-c2nc3ccccc3s2)c2c1[C@H](c1ccc(OCc3ccc(F)cc3)cc1)CC(=O)N2. The average molecular weight is 485 g/mol. The van der Waals surface area contributed by atoms with E-state index < -0.39 is 0 Å². The number of amides is 1. The highest BCUT2D eigenvalue weighted by Gasteiger charge is 2.33. The third-order valence-electron chi connectivity index (χ3n) is 6.17. The number of aryl methyl sites for hydroxylation is 1. The number of hydrogen-bond acceptors (Lipinski definition) is 5. The molecule has 6 rings (SSSR count). The molecule has 0 saturated heterocycles. The van der Waals surface area contributed by atoms with E-state index >= 15 is 0 Å². The Kier molecular flexibility index (Phi) is 5.30. The smallest absolute Gasteiger partial charge is 0.226 e. The molecular formula is C27H21FN4O2S. The first-order valence-corrected chi connectivity index (χ1v) is 12.1. The van der Waals surface area contributed by atoms with Crippen molar-refractivity contribution in [2.45, 2.75) is 25.9 Å². The molecule has 1 aliphatic rings. The van der Waals surface area contributed by atoms with Crippen molar-refractivity contribution in [2.24, 2.45) is 0 Å². The monoisotopic (exact) mass is 484 g/mol. The Morgan fingerprint density at radius 1 is 1.09 bits per heavy atom. The van der Waals surface area contributed by atoms with Gasteiger partial charge in [0.25, 0.3) is 0 Å². The highest BCUT2D eigenvalue weighted by molar-refractivity contribution is 7.20. The van der Waals surface area contributed by atoms with Crippen LogP contribution >= 0.6 is 11.3 Å². The lowest BCUT2D eigenvalue weighted by Crippen LogP contribution is -2.24. The van der Waals surface area contributed by atoms with Crippen LogP contribution in [0.25, 0.3) is 15.3 Å². The molecule has 1 atom stereocenters. The van der Waals surface area contributed by atoms with E-state index in [1.165, 1.54) is 12.1 Å². The number of carbonyl (C=O) groups excluding carboxylic acids is 1. The predicted molar refractivity (Wildman–Crippen MR) is 134 cm³/mol. The second-order valence-electron chi connectivity index (χ2n) is 8.51. The lowest BCUT2D eigenvalue weighted by Gasteiger charge is -2.24. The highest BCUT2D eigenvalue weighted by atomic mass is 32.1. The van der Waals surface area contributed by atoms with Gasteiger partial charge in [0.1, 0.15) is 24.0 Å². The molecular weight excluding hydrogens is 463 g/mol. The van der Waals surface area contributed by atoms with Crippen molar-refractivity contribution in [2.75, 3.05) is 5.32 Å². The lowest BCUT2D eigenvalue weighted by atomic mass is 9.86. The van der Waals surface area contributed by atoms with Crippen molar-refractivity contribution >= 4 is 33.3 Å². The van der Waals surface area contributed by atoms with Gasteiger partial charge in [0, 0.05) is 17.9 Å².